The van der Waals surface area contributed by atoms with E-state index < -0.39 is 27.8 Å². The topological polar surface area (TPSA) is 75.3 Å². The van der Waals surface area contributed by atoms with E-state index in [0.29, 0.717) is 5.69 Å². The second kappa shape index (κ2) is 7.11. The third kappa shape index (κ3) is 4.39. The maximum absolute atomic E-state index is 12.9. The molecule has 0 unspecified atom stereocenters. The zero-order chi connectivity index (χ0) is 17.9. The number of sulfonamides is 1. The van der Waals surface area contributed by atoms with Crippen molar-refractivity contribution in [3.05, 3.63) is 59.4 Å². The van der Waals surface area contributed by atoms with Gasteiger partial charge in [0.2, 0.25) is 15.9 Å². The summed E-state index contributed by atoms with van der Waals surface area (Å²) in [5.41, 5.74) is 2.57. The van der Waals surface area contributed by atoms with E-state index in [1.807, 2.05) is 26.0 Å². The monoisotopic (exact) mass is 350 g/mol. The maximum Gasteiger partial charge on any atom is 0.242 e. The first-order valence-corrected chi connectivity index (χ1v) is 8.83. The highest BCUT2D eigenvalue weighted by molar-refractivity contribution is 7.89. The number of nitrogens with one attached hydrogen (secondary N) is 2. The Balaban J connectivity index is 2.09. The van der Waals surface area contributed by atoms with Gasteiger partial charge in [-0.3, -0.25) is 4.79 Å². The quantitative estimate of drug-likeness (QED) is 0.871. The number of anilines is 1. The van der Waals surface area contributed by atoms with Crippen molar-refractivity contribution in [1.82, 2.24) is 4.72 Å². The fourth-order valence-electron chi connectivity index (χ4n) is 2.16. The molecule has 1 atom stereocenters. The molecule has 0 saturated carbocycles. The van der Waals surface area contributed by atoms with Crippen molar-refractivity contribution in [3.63, 3.8) is 0 Å². The van der Waals surface area contributed by atoms with Crippen molar-refractivity contribution in [1.29, 1.82) is 0 Å². The van der Waals surface area contributed by atoms with Crippen LogP contribution in [0.4, 0.5) is 10.1 Å². The summed E-state index contributed by atoms with van der Waals surface area (Å²) in [4.78, 5) is 12.1. The summed E-state index contributed by atoms with van der Waals surface area (Å²) in [6.07, 6.45) is 0. The van der Waals surface area contributed by atoms with E-state index in [9.17, 15) is 17.6 Å². The molecule has 1 amide bonds. The number of halogens is 1. The van der Waals surface area contributed by atoms with Gasteiger partial charge in [-0.1, -0.05) is 17.7 Å². The highest BCUT2D eigenvalue weighted by Gasteiger charge is 2.22. The molecule has 128 valence electrons. The summed E-state index contributed by atoms with van der Waals surface area (Å²) in [5, 5.41) is 2.69. The smallest absolute Gasteiger partial charge is 0.242 e. The van der Waals surface area contributed by atoms with Crippen molar-refractivity contribution in [2.75, 3.05) is 5.32 Å². The molecule has 0 aromatic heterocycles. The van der Waals surface area contributed by atoms with Gasteiger partial charge >= 0.3 is 0 Å². The standard InChI is InChI=1S/C17H19FN2O3S/c1-11-4-9-16(12(2)10-11)19-17(21)13(3)20-24(22,23)15-7-5-14(18)6-8-15/h4-10,13,20H,1-3H3,(H,19,21)/t13-/m1/s1. The Morgan fingerprint density at radius 3 is 2.29 bits per heavy atom. The lowest BCUT2D eigenvalue weighted by Gasteiger charge is -2.16. The molecule has 0 aliphatic heterocycles. The molecule has 0 aliphatic rings. The third-order valence-corrected chi connectivity index (χ3v) is 5.05. The first-order chi connectivity index (χ1) is 11.2. The molecule has 2 aromatic carbocycles. The van der Waals surface area contributed by atoms with E-state index in [-0.39, 0.29) is 4.90 Å². The van der Waals surface area contributed by atoms with Crippen molar-refractivity contribution in [2.24, 2.45) is 0 Å². The molecule has 0 heterocycles. The van der Waals surface area contributed by atoms with Crippen LogP contribution in [0, 0.1) is 19.7 Å². The molecule has 0 fully saturated rings. The Morgan fingerprint density at radius 2 is 1.71 bits per heavy atom. The van der Waals surface area contributed by atoms with Gasteiger partial charge in [0.1, 0.15) is 5.82 Å². The van der Waals surface area contributed by atoms with Crippen LogP contribution >= 0.6 is 0 Å². The lowest BCUT2D eigenvalue weighted by Crippen LogP contribution is -2.41. The van der Waals surface area contributed by atoms with E-state index in [1.165, 1.54) is 6.92 Å². The van der Waals surface area contributed by atoms with Gasteiger partial charge in [-0.15, -0.1) is 0 Å². The van der Waals surface area contributed by atoms with Gasteiger partial charge in [0.15, 0.2) is 0 Å². The summed E-state index contributed by atoms with van der Waals surface area (Å²) in [6.45, 7) is 5.24. The Bertz CT molecular complexity index is 849. The summed E-state index contributed by atoms with van der Waals surface area (Å²) in [6, 6.07) is 8.95. The fraction of sp³-hybridized carbons (Fsp3) is 0.235. The molecule has 0 bridgehead atoms. The molecule has 2 rings (SSSR count). The molecule has 24 heavy (non-hydrogen) atoms. The first kappa shape index (κ1) is 18.1. The zero-order valence-electron chi connectivity index (χ0n) is 13.6. The van der Waals surface area contributed by atoms with Crippen LogP contribution in [0.5, 0.6) is 0 Å². The van der Waals surface area contributed by atoms with E-state index in [0.717, 1.165) is 35.4 Å². The second-order valence-electron chi connectivity index (χ2n) is 5.60. The molecule has 0 radical (unpaired) electrons. The van der Waals surface area contributed by atoms with E-state index >= 15 is 0 Å². The number of benzene rings is 2. The third-order valence-electron chi connectivity index (χ3n) is 3.49. The van der Waals surface area contributed by atoms with Crippen LogP contribution in [0.1, 0.15) is 18.1 Å². The van der Waals surface area contributed by atoms with Crippen LogP contribution in [-0.4, -0.2) is 20.4 Å². The SMILES string of the molecule is Cc1ccc(NC(=O)[C@@H](C)NS(=O)(=O)c2ccc(F)cc2)c(C)c1. The largest absolute Gasteiger partial charge is 0.324 e. The summed E-state index contributed by atoms with van der Waals surface area (Å²) in [7, 11) is -3.91. The van der Waals surface area contributed by atoms with Crippen molar-refractivity contribution in [2.45, 2.75) is 31.7 Å². The summed E-state index contributed by atoms with van der Waals surface area (Å²) < 4.78 is 39.6. The molecule has 5 nitrogen and oxygen atoms in total. The van der Waals surface area contributed by atoms with Crippen LogP contribution in [0.25, 0.3) is 0 Å². The van der Waals surface area contributed by atoms with Gasteiger partial charge < -0.3 is 5.32 Å². The predicted octanol–water partition coefficient (Wildman–Crippen LogP) is 2.75. The average Bonchev–Trinajstić information content (AvgIpc) is 2.50. The Hall–Kier alpha value is -2.25. The van der Waals surface area contributed by atoms with Crippen LogP contribution in [-0.2, 0) is 14.8 Å². The average molecular weight is 350 g/mol. The summed E-state index contributed by atoms with van der Waals surface area (Å²) >= 11 is 0. The number of carbonyl (C=O) groups excluding carboxylic acids is 1. The summed E-state index contributed by atoms with van der Waals surface area (Å²) in [5.74, 6) is -1.01. The lowest BCUT2D eigenvalue weighted by atomic mass is 10.1. The fourth-order valence-corrected chi connectivity index (χ4v) is 3.37. The minimum Gasteiger partial charge on any atom is -0.324 e. The van der Waals surface area contributed by atoms with Crippen LogP contribution < -0.4 is 10.0 Å². The predicted molar refractivity (Wildman–Crippen MR) is 90.7 cm³/mol. The molecule has 2 N–H and O–H groups in total. The highest BCUT2D eigenvalue weighted by atomic mass is 32.2. The molecular weight excluding hydrogens is 331 g/mol. The molecule has 0 saturated heterocycles. The minimum atomic E-state index is -3.91. The van der Waals surface area contributed by atoms with Crippen molar-refractivity contribution in [3.8, 4) is 0 Å². The minimum absolute atomic E-state index is 0.102. The van der Waals surface area contributed by atoms with Gasteiger partial charge in [0, 0.05) is 5.69 Å². The maximum atomic E-state index is 12.9. The Morgan fingerprint density at radius 1 is 1.08 bits per heavy atom. The van der Waals surface area contributed by atoms with Crippen LogP contribution in [0.3, 0.4) is 0 Å². The number of aryl methyl sites for hydroxylation is 2. The Labute approximate surface area is 141 Å². The Kier molecular flexibility index (Phi) is 5.36. The molecule has 0 aliphatic carbocycles. The molecule has 2 aromatic rings. The van der Waals surface area contributed by atoms with Crippen LogP contribution in [0.15, 0.2) is 47.4 Å². The van der Waals surface area contributed by atoms with Crippen molar-refractivity contribution < 1.29 is 17.6 Å². The lowest BCUT2D eigenvalue weighted by molar-refractivity contribution is -0.117. The number of hydrogen-bond donors (Lipinski definition) is 2. The van der Waals surface area contributed by atoms with E-state index in [1.54, 1.807) is 6.07 Å². The molecule has 7 heteroatoms. The van der Waals surface area contributed by atoms with Gasteiger partial charge in [0.25, 0.3) is 0 Å². The van der Waals surface area contributed by atoms with E-state index in [2.05, 4.69) is 10.0 Å². The number of rotatable bonds is 5. The van der Waals surface area contributed by atoms with Crippen LogP contribution in [0.2, 0.25) is 0 Å². The molecular formula is C17H19FN2O3S. The first-order valence-electron chi connectivity index (χ1n) is 7.35. The number of hydrogen-bond acceptors (Lipinski definition) is 3. The highest BCUT2D eigenvalue weighted by Crippen LogP contribution is 2.16. The van der Waals surface area contributed by atoms with Crippen molar-refractivity contribution >= 4 is 21.6 Å². The second-order valence-corrected chi connectivity index (χ2v) is 7.32. The van der Waals surface area contributed by atoms with Gasteiger partial charge in [-0.25, -0.2) is 12.8 Å². The number of carbonyl (C=O) groups is 1. The van der Waals surface area contributed by atoms with E-state index in [4.69, 9.17) is 0 Å². The van der Waals surface area contributed by atoms with Gasteiger partial charge in [-0.05, 0) is 56.7 Å². The zero-order valence-corrected chi connectivity index (χ0v) is 14.4. The number of amides is 1. The molecule has 0 spiro atoms. The van der Waals surface area contributed by atoms with Gasteiger partial charge in [-0.2, -0.15) is 4.72 Å². The normalized spacial score (nSPS) is 12.7. The van der Waals surface area contributed by atoms with Gasteiger partial charge in [0.05, 0.1) is 10.9 Å².